The molecule has 1 heterocycles. The van der Waals surface area contributed by atoms with Crippen molar-refractivity contribution in [2.24, 2.45) is 5.10 Å². The Kier molecular flexibility index (Phi) is 4.80. The van der Waals surface area contributed by atoms with Gasteiger partial charge in [-0.3, -0.25) is 4.79 Å². The Morgan fingerprint density at radius 3 is 2.86 bits per heavy atom. The summed E-state index contributed by atoms with van der Waals surface area (Å²) >= 11 is 0. The van der Waals surface area contributed by atoms with Crippen molar-refractivity contribution in [2.75, 3.05) is 7.11 Å². The molecule has 0 spiro atoms. The molecule has 0 aliphatic heterocycles. The van der Waals surface area contributed by atoms with Crippen LogP contribution in [-0.4, -0.2) is 34.1 Å². The Bertz CT molecular complexity index is 1040. The number of carbonyl (C=O) groups is 1. The molecule has 2 N–H and O–H groups in total. The second-order valence-electron chi connectivity index (χ2n) is 6.51. The van der Waals surface area contributed by atoms with Crippen LogP contribution in [-0.2, 0) is 12.8 Å². The Labute approximate surface area is 162 Å². The van der Waals surface area contributed by atoms with Crippen LogP contribution >= 0.6 is 0 Å². The summed E-state index contributed by atoms with van der Waals surface area (Å²) in [6.07, 6.45) is 4.25. The highest BCUT2D eigenvalue weighted by atomic mass is 16.5. The van der Waals surface area contributed by atoms with Crippen LogP contribution in [0, 0.1) is 0 Å². The number of hydrogen-bond acceptors (Lipinski definition) is 5. The first-order valence-corrected chi connectivity index (χ1v) is 9.04. The normalized spacial score (nSPS) is 12.9. The molecule has 2 aromatic carbocycles. The number of fused-ring (bicyclic) bond motifs is 1. The number of benzene rings is 2. The zero-order chi connectivity index (χ0) is 19.5. The SMILES string of the molecule is COc1cc(/C=N/NC(=O)c2nn(-c3ccccc3)c3c2CCC3)ccc1O. The molecule has 1 amide bonds. The summed E-state index contributed by atoms with van der Waals surface area (Å²) in [5, 5.41) is 18.2. The largest absolute Gasteiger partial charge is 0.504 e. The molecule has 1 aliphatic carbocycles. The molecule has 0 saturated carbocycles. The lowest BCUT2D eigenvalue weighted by atomic mass is 10.2. The minimum atomic E-state index is -0.338. The van der Waals surface area contributed by atoms with Crippen LogP contribution in [0.25, 0.3) is 5.69 Å². The molecule has 0 saturated heterocycles. The molecule has 4 rings (SSSR count). The summed E-state index contributed by atoms with van der Waals surface area (Å²) in [6, 6.07) is 14.6. The number of rotatable bonds is 5. The van der Waals surface area contributed by atoms with E-state index in [1.807, 2.05) is 35.0 Å². The fourth-order valence-corrected chi connectivity index (χ4v) is 3.40. The molecule has 0 bridgehead atoms. The summed E-state index contributed by atoms with van der Waals surface area (Å²) in [4.78, 5) is 12.7. The number of hydrazone groups is 1. The second-order valence-corrected chi connectivity index (χ2v) is 6.51. The fourth-order valence-electron chi connectivity index (χ4n) is 3.40. The number of phenolic OH excluding ortho intramolecular Hbond substituents is 1. The lowest BCUT2D eigenvalue weighted by Gasteiger charge is -2.04. The molecule has 1 aromatic heterocycles. The predicted molar refractivity (Wildman–Crippen MR) is 105 cm³/mol. The van der Waals surface area contributed by atoms with Crippen molar-refractivity contribution >= 4 is 12.1 Å². The average molecular weight is 376 g/mol. The van der Waals surface area contributed by atoms with Crippen LogP contribution < -0.4 is 10.2 Å². The fraction of sp³-hybridized carbons (Fsp3) is 0.190. The van der Waals surface area contributed by atoms with Crippen LogP contribution in [0.3, 0.4) is 0 Å². The number of methoxy groups -OCH3 is 1. The van der Waals surface area contributed by atoms with Crippen molar-refractivity contribution in [2.45, 2.75) is 19.3 Å². The highest BCUT2D eigenvalue weighted by Crippen LogP contribution is 2.28. The van der Waals surface area contributed by atoms with Gasteiger partial charge in [0, 0.05) is 11.3 Å². The average Bonchev–Trinajstić information content (AvgIpc) is 3.32. The molecule has 7 nitrogen and oxygen atoms in total. The smallest absolute Gasteiger partial charge is 0.292 e. The van der Waals surface area contributed by atoms with Crippen LogP contribution in [0.1, 0.15) is 33.7 Å². The minimum Gasteiger partial charge on any atom is -0.504 e. The third-order valence-electron chi connectivity index (χ3n) is 4.73. The van der Waals surface area contributed by atoms with Gasteiger partial charge < -0.3 is 9.84 Å². The summed E-state index contributed by atoms with van der Waals surface area (Å²) in [5.41, 5.74) is 6.67. The van der Waals surface area contributed by atoms with Crippen LogP contribution in [0.5, 0.6) is 11.5 Å². The highest BCUT2D eigenvalue weighted by molar-refractivity contribution is 5.95. The van der Waals surface area contributed by atoms with Crippen molar-refractivity contribution in [3.63, 3.8) is 0 Å². The lowest BCUT2D eigenvalue weighted by molar-refractivity contribution is 0.0949. The zero-order valence-corrected chi connectivity index (χ0v) is 15.4. The number of aromatic hydroxyl groups is 1. The van der Waals surface area contributed by atoms with Gasteiger partial charge in [-0.2, -0.15) is 10.2 Å². The molecule has 142 valence electrons. The van der Waals surface area contributed by atoms with E-state index in [-0.39, 0.29) is 11.7 Å². The van der Waals surface area contributed by atoms with E-state index < -0.39 is 0 Å². The number of amides is 1. The van der Waals surface area contributed by atoms with Gasteiger partial charge in [-0.25, -0.2) is 10.1 Å². The van der Waals surface area contributed by atoms with E-state index in [1.54, 1.807) is 12.1 Å². The number of hydrogen-bond donors (Lipinski definition) is 2. The van der Waals surface area contributed by atoms with E-state index in [0.717, 1.165) is 36.2 Å². The number of nitrogens with one attached hydrogen (secondary N) is 1. The van der Waals surface area contributed by atoms with Crippen molar-refractivity contribution < 1.29 is 14.6 Å². The molecule has 0 unspecified atom stereocenters. The van der Waals surface area contributed by atoms with Gasteiger partial charge in [-0.15, -0.1) is 0 Å². The first-order valence-electron chi connectivity index (χ1n) is 9.04. The molecular weight excluding hydrogens is 356 g/mol. The number of nitrogens with zero attached hydrogens (tertiary/aromatic N) is 3. The lowest BCUT2D eigenvalue weighted by Crippen LogP contribution is -2.20. The van der Waals surface area contributed by atoms with Crippen molar-refractivity contribution in [3.8, 4) is 17.2 Å². The van der Waals surface area contributed by atoms with Crippen LogP contribution in [0.15, 0.2) is 53.6 Å². The minimum absolute atomic E-state index is 0.0469. The molecule has 0 atom stereocenters. The summed E-state index contributed by atoms with van der Waals surface area (Å²) < 4.78 is 6.92. The van der Waals surface area contributed by atoms with Gasteiger partial charge in [-0.05, 0) is 55.2 Å². The second kappa shape index (κ2) is 7.56. The van der Waals surface area contributed by atoms with E-state index in [2.05, 4.69) is 15.6 Å². The van der Waals surface area contributed by atoms with Crippen molar-refractivity contribution in [3.05, 3.63) is 71.0 Å². The molecular formula is C21H20N4O3. The maximum Gasteiger partial charge on any atom is 0.292 e. The first kappa shape index (κ1) is 17.8. The molecule has 28 heavy (non-hydrogen) atoms. The maximum absolute atomic E-state index is 12.7. The third-order valence-corrected chi connectivity index (χ3v) is 4.73. The topological polar surface area (TPSA) is 88.7 Å². The van der Waals surface area contributed by atoms with Crippen LogP contribution in [0.4, 0.5) is 0 Å². The van der Waals surface area contributed by atoms with Gasteiger partial charge in [0.2, 0.25) is 0 Å². The third kappa shape index (κ3) is 3.34. The predicted octanol–water partition coefficient (Wildman–Crippen LogP) is 2.84. The van der Waals surface area contributed by atoms with E-state index in [9.17, 15) is 9.90 Å². The number of carbonyl (C=O) groups excluding carboxylic acids is 1. The van der Waals surface area contributed by atoms with Gasteiger partial charge in [0.1, 0.15) is 0 Å². The Hall–Kier alpha value is -3.61. The van der Waals surface area contributed by atoms with Crippen molar-refractivity contribution in [1.82, 2.24) is 15.2 Å². The summed E-state index contributed by atoms with van der Waals surface area (Å²) in [6.45, 7) is 0. The number of phenols is 1. The Balaban J connectivity index is 1.54. The van der Waals surface area contributed by atoms with Crippen molar-refractivity contribution in [1.29, 1.82) is 0 Å². The number of aromatic nitrogens is 2. The number of para-hydroxylation sites is 1. The van der Waals surface area contributed by atoms with E-state index in [4.69, 9.17) is 4.74 Å². The van der Waals surface area contributed by atoms with Gasteiger partial charge >= 0.3 is 0 Å². The van der Waals surface area contributed by atoms with Crippen LogP contribution in [0.2, 0.25) is 0 Å². The van der Waals surface area contributed by atoms with E-state index in [0.29, 0.717) is 17.0 Å². The molecule has 1 aliphatic rings. The quantitative estimate of drug-likeness (QED) is 0.529. The van der Waals surface area contributed by atoms with Gasteiger partial charge in [0.15, 0.2) is 17.2 Å². The zero-order valence-electron chi connectivity index (χ0n) is 15.4. The first-order chi connectivity index (χ1) is 13.7. The molecule has 7 heteroatoms. The molecule has 0 fully saturated rings. The van der Waals surface area contributed by atoms with Gasteiger partial charge in [-0.1, -0.05) is 18.2 Å². The van der Waals surface area contributed by atoms with E-state index in [1.165, 1.54) is 19.4 Å². The summed E-state index contributed by atoms with van der Waals surface area (Å²) in [7, 11) is 1.47. The molecule has 0 radical (unpaired) electrons. The van der Waals surface area contributed by atoms with E-state index >= 15 is 0 Å². The van der Waals surface area contributed by atoms with Gasteiger partial charge in [0.05, 0.1) is 19.0 Å². The molecule has 3 aromatic rings. The van der Waals surface area contributed by atoms with Gasteiger partial charge in [0.25, 0.3) is 5.91 Å². The standard InChI is InChI=1S/C21H20N4O3/c1-28-19-12-14(10-11-18(19)26)13-22-23-21(27)20-16-8-5-9-17(16)25(24-20)15-6-3-2-4-7-15/h2-4,6-7,10-13,26H,5,8-9H2,1H3,(H,23,27)/b22-13+. The maximum atomic E-state index is 12.7. The number of ether oxygens (including phenoxy) is 1. The monoisotopic (exact) mass is 376 g/mol. The Morgan fingerprint density at radius 1 is 1.25 bits per heavy atom. The highest BCUT2D eigenvalue weighted by Gasteiger charge is 2.26. The Morgan fingerprint density at radius 2 is 2.07 bits per heavy atom. The summed E-state index contributed by atoms with van der Waals surface area (Å²) in [5.74, 6) is 0.0511.